The molecule has 0 saturated heterocycles. The molecule has 0 aromatic carbocycles. The van der Waals surface area contributed by atoms with E-state index in [9.17, 15) is 24.0 Å². The molecular weight excluding hydrogens is 404 g/mol. The van der Waals surface area contributed by atoms with Crippen LogP contribution in [0.4, 0.5) is 0 Å². The Bertz CT molecular complexity index is 503. The Labute approximate surface area is 174 Å². The van der Waals surface area contributed by atoms with Gasteiger partial charge in [0, 0.05) is 6.42 Å². The van der Waals surface area contributed by atoms with Crippen LogP contribution in [0.25, 0.3) is 0 Å². The van der Waals surface area contributed by atoms with E-state index in [0.29, 0.717) is 25.9 Å². The molecule has 0 spiro atoms. The molecule has 0 amide bonds. The van der Waals surface area contributed by atoms with E-state index in [1.54, 1.807) is 0 Å². The van der Waals surface area contributed by atoms with Gasteiger partial charge in [-0.2, -0.15) is 0 Å². The maximum atomic E-state index is 10.2. The van der Waals surface area contributed by atoms with Crippen molar-refractivity contribution in [2.45, 2.75) is 63.5 Å². The normalized spacial score (nSPS) is 11.6. The summed E-state index contributed by atoms with van der Waals surface area (Å²) < 4.78 is 0. The highest BCUT2D eigenvalue weighted by atomic mass is 16.4. The number of nitrogens with two attached hydrogens (primary N) is 4. The smallest absolute Gasteiger partial charge is 0.372 e. The molecule has 0 unspecified atom stereocenters. The van der Waals surface area contributed by atoms with Gasteiger partial charge >= 0.3 is 23.9 Å². The molecule has 0 saturated carbocycles. The zero-order chi connectivity index (χ0) is 24.1. The van der Waals surface area contributed by atoms with Crippen LogP contribution < -0.4 is 22.9 Å². The van der Waals surface area contributed by atoms with E-state index in [-0.39, 0.29) is 0 Å². The van der Waals surface area contributed by atoms with E-state index in [4.69, 9.17) is 43.4 Å². The average molecular weight is 438 g/mol. The van der Waals surface area contributed by atoms with Gasteiger partial charge in [0.05, 0.1) is 6.42 Å². The SMILES string of the molecule is NCCCC[C@H](N)C(=O)O.NCCCC[C@H](N)C(=O)O.O=C(O)CCC(=O)C(=O)O. The van der Waals surface area contributed by atoms with Crippen molar-refractivity contribution in [1.29, 1.82) is 0 Å². The molecule has 0 fully saturated rings. The van der Waals surface area contributed by atoms with E-state index in [2.05, 4.69) is 0 Å². The molecule has 0 aliphatic carbocycles. The van der Waals surface area contributed by atoms with E-state index < -0.39 is 54.6 Å². The first-order valence-corrected chi connectivity index (χ1v) is 9.25. The molecular formula is C17H34N4O9. The second kappa shape index (κ2) is 21.1. The molecule has 0 aliphatic rings. The maximum Gasteiger partial charge on any atom is 0.372 e. The highest BCUT2D eigenvalue weighted by Gasteiger charge is 2.12. The highest BCUT2D eigenvalue weighted by molar-refractivity contribution is 6.32. The molecule has 2 atom stereocenters. The van der Waals surface area contributed by atoms with Crippen LogP contribution in [-0.4, -0.2) is 75.3 Å². The van der Waals surface area contributed by atoms with Crippen molar-refractivity contribution in [2.75, 3.05) is 13.1 Å². The largest absolute Gasteiger partial charge is 0.481 e. The molecule has 0 rings (SSSR count). The van der Waals surface area contributed by atoms with Gasteiger partial charge in [0.2, 0.25) is 5.78 Å². The number of aliphatic carboxylic acids is 4. The lowest BCUT2D eigenvalue weighted by Crippen LogP contribution is -2.29. The Kier molecular flexibility index (Phi) is 22.6. The molecule has 0 radical (unpaired) electrons. The van der Waals surface area contributed by atoms with Crippen molar-refractivity contribution >= 4 is 29.7 Å². The predicted molar refractivity (Wildman–Crippen MR) is 107 cm³/mol. The third-order valence-corrected chi connectivity index (χ3v) is 3.38. The summed E-state index contributed by atoms with van der Waals surface area (Å²) in [6.07, 6.45) is 3.46. The Hall–Kier alpha value is -2.61. The average Bonchev–Trinajstić information content (AvgIpc) is 2.66. The predicted octanol–water partition coefficient (Wildman–Crippen LogP) is -1.44. The van der Waals surface area contributed by atoms with Crippen LogP contribution in [0.15, 0.2) is 0 Å². The zero-order valence-corrected chi connectivity index (χ0v) is 16.9. The summed E-state index contributed by atoms with van der Waals surface area (Å²) >= 11 is 0. The summed E-state index contributed by atoms with van der Waals surface area (Å²) in [6.45, 7) is 1.21. The molecule has 12 N–H and O–H groups in total. The number of Topliss-reactive ketones (excluding diaryl/α,β-unsaturated/α-hetero) is 1. The Balaban J connectivity index is -0.000000364. The molecule has 0 heterocycles. The minimum Gasteiger partial charge on any atom is -0.481 e. The van der Waals surface area contributed by atoms with Gasteiger partial charge in [-0.05, 0) is 38.8 Å². The summed E-state index contributed by atoms with van der Waals surface area (Å²) in [5.41, 5.74) is 20.8. The van der Waals surface area contributed by atoms with Crippen molar-refractivity contribution in [3.63, 3.8) is 0 Å². The summed E-state index contributed by atoms with van der Waals surface area (Å²) in [5.74, 6) is -5.69. The topological polar surface area (TPSA) is 270 Å². The lowest BCUT2D eigenvalue weighted by Gasteiger charge is -2.03. The minimum atomic E-state index is -1.58. The van der Waals surface area contributed by atoms with Gasteiger partial charge in [-0.25, -0.2) is 4.79 Å². The van der Waals surface area contributed by atoms with Crippen LogP contribution in [0.3, 0.4) is 0 Å². The number of rotatable bonds is 14. The Morgan fingerprint density at radius 1 is 0.633 bits per heavy atom. The number of carboxylic acids is 4. The van der Waals surface area contributed by atoms with Crippen molar-refractivity contribution in [1.82, 2.24) is 0 Å². The fourth-order valence-corrected chi connectivity index (χ4v) is 1.59. The number of unbranched alkanes of at least 4 members (excludes halogenated alkanes) is 2. The fourth-order valence-electron chi connectivity index (χ4n) is 1.59. The summed E-state index contributed by atoms with van der Waals surface area (Å²) in [5, 5.41) is 32.6. The fraction of sp³-hybridized carbons (Fsp3) is 0.706. The molecule has 13 heteroatoms. The van der Waals surface area contributed by atoms with Crippen LogP contribution in [-0.2, 0) is 24.0 Å². The van der Waals surface area contributed by atoms with Crippen LogP contribution in [0.5, 0.6) is 0 Å². The first kappa shape index (κ1) is 32.1. The Morgan fingerprint density at radius 3 is 1.23 bits per heavy atom. The number of hydrogen-bond donors (Lipinski definition) is 8. The van der Waals surface area contributed by atoms with E-state index in [1.807, 2.05) is 0 Å². The van der Waals surface area contributed by atoms with Gasteiger partial charge in [-0.3, -0.25) is 19.2 Å². The molecule has 176 valence electrons. The Morgan fingerprint density at radius 2 is 1.00 bits per heavy atom. The number of carboxylic acid groups (broad SMARTS) is 4. The van der Waals surface area contributed by atoms with Gasteiger partial charge in [0.15, 0.2) is 0 Å². The van der Waals surface area contributed by atoms with E-state index in [0.717, 1.165) is 25.7 Å². The van der Waals surface area contributed by atoms with Crippen LogP contribution in [0, 0.1) is 0 Å². The van der Waals surface area contributed by atoms with E-state index >= 15 is 0 Å². The minimum absolute atomic E-state index is 0.425. The summed E-state index contributed by atoms with van der Waals surface area (Å²) in [4.78, 5) is 50.0. The molecule has 13 nitrogen and oxygen atoms in total. The van der Waals surface area contributed by atoms with Crippen molar-refractivity contribution < 1.29 is 44.4 Å². The van der Waals surface area contributed by atoms with Crippen molar-refractivity contribution in [2.24, 2.45) is 22.9 Å². The molecule has 30 heavy (non-hydrogen) atoms. The first-order valence-electron chi connectivity index (χ1n) is 9.25. The third-order valence-electron chi connectivity index (χ3n) is 3.38. The molecule has 0 aromatic heterocycles. The molecule has 0 bridgehead atoms. The number of ketones is 1. The third kappa shape index (κ3) is 25.4. The van der Waals surface area contributed by atoms with E-state index in [1.165, 1.54) is 0 Å². The molecule has 0 aromatic rings. The monoisotopic (exact) mass is 438 g/mol. The van der Waals surface area contributed by atoms with Crippen LogP contribution in [0.2, 0.25) is 0 Å². The van der Waals surface area contributed by atoms with Gasteiger partial charge in [-0.15, -0.1) is 0 Å². The van der Waals surface area contributed by atoms with Crippen molar-refractivity contribution in [3.05, 3.63) is 0 Å². The second-order valence-electron chi connectivity index (χ2n) is 6.08. The van der Waals surface area contributed by atoms with Gasteiger partial charge < -0.3 is 43.4 Å². The van der Waals surface area contributed by atoms with Gasteiger partial charge in [0.1, 0.15) is 12.1 Å². The quantitative estimate of drug-likeness (QED) is 0.114. The summed E-state index contributed by atoms with van der Waals surface area (Å²) in [7, 11) is 0. The first-order chi connectivity index (χ1) is 13.9. The van der Waals surface area contributed by atoms with Crippen LogP contribution in [0.1, 0.15) is 51.4 Å². The number of hydrogen-bond acceptors (Lipinski definition) is 9. The number of carbonyl (C=O) groups is 5. The summed E-state index contributed by atoms with van der Waals surface area (Å²) in [6, 6.07) is -1.43. The molecule has 0 aliphatic heterocycles. The lowest BCUT2D eigenvalue weighted by atomic mass is 10.1. The van der Waals surface area contributed by atoms with Crippen LogP contribution >= 0.6 is 0 Å². The van der Waals surface area contributed by atoms with Gasteiger partial charge in [-0.1, -0.05) is 12.8 Å². The lowest BCUT2D eigenvalue weighted by molar-refractivity contribution is -0.149. The second-order valence-corrected chi connectivity index (χ2v) is 6.08. The number of carbonyl (C=O) groups excluding carboxylic acids is 1. The van der Waals surface area contributed by atoms with Crippen molar-refractivity contribution in [3.8, 4) is 0 Å². The highest BCUT2D eigenvalue weighted by Crippen LogP contribution is 1.97. The van der Waals surface area contributed by atoms with Gasteiger partial charge in [0.25, 0.3) is 0 Å². The maximum absolute atomic E-state index is 10.2. The zero-order valence-electron chi connectivity index (χ0n) is 16.9. The standard InChI is InChI=1S/2C6H14N2O2.C5H6O5/c2*7-4-2-1-3-5(8)6(9)10;6-3(5(9)10)1-2-4(7)8/h2*5H,1-4,7-8H2,(H,9,10);1-2H2,(H,7,8)(H,9,10)/t2*5-;/m00./s1.